The molecule has 5 nitrogen and oxygen atoms in total. The molecule has 142 valence electrons. The minimum absolute atomic E-state index is 0.253. The first-order valence-electron chi connectivity index (χ1n) is 9.74. The van der Waals surface area contributed by atoms with Gasteiger partial charge in [-0.2, -0.15) is 0 Å². The highest BCUT2D eigenvalue weighted by molar-refractivity contribution is 5.79. The van der Waals surface area contributed by atoms with Crippen molar-refractivity contribution in [2.24, 2.45) is 22.7 Å². The fourth-order valence-corrected chi connectivity index (χ4v) is 3.34. The largest absolute Gasteiger partial charge is 0.396 e. The molecule has 0 spiro atoms. The van der Waals surface area contributed by atoms with Gasteiger partial charge in [-0.15, -0.1) is 0 Å². The average Bonchev–Trinajstić information content (AvgIpc) is 2.57. The van der Waals surface area contributed by atoms with Gasteiger partial charge in [0.15, 0.2) is 5.96 Å². The van der Waals surface area contributed by atoms with Crippen molar-refractivity contribution < 1.29 is 9.84 Å². The lowest BCUT2D eigenvalue weighted by Crippen LogP contribution is -2.40. The van der Waals surface area contributed by atoms with Gasteiger partial charge in [-0.25, -0.2) is 0 Å². The Kier molecular flexibility index (Phi) is 11.1. The van der Waals surface area contributed by atoms with Crippen LogP contribution in [0.3, 0.4) is 0 Å². The number of nitrogens with one attached hydrogen (secondary N) is 1. The summed E-state index contributed by atoms with van der Waals surface area (Å²) in [6.07, 6.45) is 5.54. The van der Waals surface area contributed by atoms with Crippen molar-refractivity contribution in [3.63, 3.8) is 0 Å². The van der Waals surface area contributed by atoms with Gasteiger partial charge >= 0.3 is 0 Å². The maximum atomic E-state index is 9.27. The Morgan fingerprint density at radius 2 is 2.04 bits per heavy atom. The minimum atomic E-state index is 0.253. The Bertz CT molecular complexity index is 342. The number of hydrogen-bond donors (Lipinski definition) is 2. The van der Waals surface area contributed by atoms with E-state index in [1.807, 2.05) is 0 Å². The lowest BCUT2D eigenvalue weighted by atomic mass is 9.94. The molecule has 0 aliphatic carbocycles. The number of aliphatic hydroxyl groups excluding tert-OH is 1. The summed E-state index contributed by atoms with van der Waals surface area (Å²) in [4.78, 5) is 7.10. The summed E-state index contributed by atoms with van der Waals surface area (Å²) < 4.78 is 5.44. The zero-order valence-electron chi connectivity index (χ0n) is 16.3. The van der Waals surface area contributed by atoms with Crippen LogP contribution in [0.5, 0.6) is 0 Å². The molecule has 1 saturated heterocycles. The van der Waals surface area contributed by atoms with Gasteiger partial charge in [-0.3, -0.25) is 4.99 Å². The molecule has 1 aliphatic rings. The maximum Gasteiger partial charge on any atom is 0.193 e. The number of nitrogens with zero attached hydrogens (tertiary/aromatic N) is 2. The van der Waals surface area contributed by atoms with Crippen LogP contribution in [-0.2, 0) is 4.74 Å². The summed E-state index contributed by atoms with van der Waals surface area (Å²) in [5, 5.41) is 12.7. The summed E-state index contributed by atoms with van der Waals surface area (Å²) in [5.41, 5.74) is 0. The van der Waals surface area contributed by atoms with Crippen molar-refractivity contribution in [1.82, 2.24) is 10.2 Å². The van der Waals surface area contributed by atoms with Gasteiger partial charge in [0.25, 0.3) is 0 Å². The Balaban J connectivity index is 2.51. The van der Waals surface area contributed by atoms with Crippen molar-refractivity contribution in [2.75, 3.05) is 46.5 Å². The standard InChI is InChI=1S/C19H39N3O2/c1-5-20-19(21-15-18(7-11-23)14-16(2)3)22(4)10-6-17-8-12-24-13-9-17/h16-18,23H,5-15H2,1-4H3,(H,20,21). The molecule has 5 heteroatoms. The molecule has 0 aromatic carbocycles. The molecular weight excluding hydrogens is 302 g/mol. The van der Waals surface area contributed by atoms with Crippen LogP contribution < -0.4 is 5.32 Å². The van der Waals surface area contributed by atoms with Crippen molar-refractivity contribution in [1.29, 1.82) is 0 Å². The van der Waals surface area contributed by atoms with Crippen LogP contribution >= 0.6 is 0 Å². The fraction of sp³-hybridized carbons (Fsp3) is 0.947. The van der Waals surface area contributed by atoms with Crippen LogP contribution in [-0.4, -0.2) is 62.5 Å². The number of aliphatic imine (C=N–C) groups is 1. The minimum Gasteiger partial charge on any atom is -0.396 e. The van der Waals surface area contributed by atoms with E-state index in [1.54, 1.807) is 0 Å². The molecular formula is C19H39N3O2. The van der Waals surface area contributed by atoms with E-state index in [1.165, 1.54) is 19.3 Å². The molecule has 1 fully saturated rings. The Morgan fingerprint density at radius 3 is 2.62 bits per heavy atom. The molecule has 1 unspecified atom stereocenters. The second kappa shape index (κ2) is 12.5. The van der Waals surface area contributed by atoms with E-state index in [0.717, 1.165) is 57.6 Å². The Morgan fingerprint density at radius 1 is 1.33 bits per heavy atom. The number of guanidine groups is 1. The van der Waals surface area contributed by atoms with Gasteiger partial charge < -0.3 is 20.1 Å². The quantitative estimate of drug-likeness (QED) is 0.474. The van der Waals surface area contributed by atoms with Crippen LogP contribution in [0.15, 0.2) is 4.99 Å². The SMILES string of the molecule is CCNC(=NCC(CCO)CC(C)C)N(C)CCC1CCOCC1. The molecule has 0 radical (unpaired) electrons. The molecule has 1 heterocycles. The molecule has 2 N–H and O–H groups in total. The van der Waals surface area contributed by atoms with E-state index in [2.05, 4.69) is 38.0 Å². The molecule has 1 rings (SSSR count). The molecule has 0 aromatic rings. The molecule has 0 bridgehead atoms. The zero-order chi connectivity index (χ0) is 17.8. The highest BCUT2D eigenvalue weighted by atomic mass is 16.5. The van der Waals surface area contributed by atoms with E-state index in [0.29, 0.717) is 11.8 Å². The summed E-state index contributed by atoms with van der Waals surface area (Å²) in [6.45, 7) is 11.4. The Hall–Kier alpha value is -0.810. The van der Waals surface area contributed by atoms with E-state index in [-0.39, 0.29) is 6.61 Å². The summed E-state index contributed by atoms with van der Waals surface area (Å²) >= 11 is 0. The third kappa shape index (κ3) is 8.88. The van der Waals surface area contributed by atoms with Crippen LogP contribution in [0, 0.1) is 17.8 Å². The van der Waals surface area contributed by atoms with E-state index in [9.17, 15) is 5.11 Å². The van der Waals surface area contributed by atoms with Crippen LogP contribution in [0.1, 0.15) is 52.9 Å². The van der Waals surface area contributed by atoms with Crippen molar-refractivity contribution in [2.45, 2.75) is 52.9 Å². The number of hydrogen-bond acceptors (Lipinski definition) is 3. The van der Waals surface area contributed by atoms with Gasteiger partial charge in [0.2, 0.25) is 0 Å². The second-order valence-corrected chi connectivity index (χ2v) is 7.47. The topological polar surface area (TPSA) is 57.1 Å². The first-order valence-corrected chi connectivity index (χ1v) is 9.74. The van der Waals surface area contributed by atoms with Crippen LogP contribution in [0.2, 0.25) is 0 Å². The van der Waals surface area contributed by atoms with Crippen molar-refractivity contribution in [3.8, 4) is 0 Å². The lowest BCUT2D eigenvalue weighted by molar-refractivity contribution is 0.0625. The third-order valence-electron chi connectivity index (χ3n) is 4.75. The molecule has 24 heavy (non-hydrogen) atoms. The lowest BCUT2D eigenvalue weighted by Gasteiger charge is -2.27. The highest BCUT2D eigenvalue weighted by Crippen LogP contribution is 2.19. The summed E-state index contributed by atoms with van der Waals surface area (Å²) in [7, 11) is 2.13. The van der Waals surface area contributed by atoms with Gasteiger partial charge in [0, 0.05) is 46.5 Å². The number of aliphatic hydroxyl groups is 1. The highest BCUT2D eigenvalue weighted by Gasteiger charge is 2.16. The molecule has 0 aromatic heterocycles. The zero-order valence-corrected chi connectivity index (χ0v) is 16.3. The molecule has 1 atom stereocenters. The molecule has 0 amide bonds. The van der Waals surface area contributed by atoms with Gasteiger partial charge in [-0.1, -0.05) is 13.8 Å². The molecule has 1 aliphatic heterocycles. The van der Waals surface area contributed by atoms with Gasteiger partial charge in [0.05, 0.1) is 0 Å². The van der Waals surface area contributed by atoms with Gasteiger partial charge in [-0.05, 0) is 56.8 Å². The second-order valence-electron chi connectivity index (χ2n) is 7.47. The van der Waals surface area contributed by atoms with E-state index in [4.69, 9.17) is 9.73 Å². The van der Waals surface area contributed by atoms with Crippen LogP contribution in [0.4, 0.5) is 0 Å². The normalized spacial score (nSPS) is 18.0. The number of ether oxygens (including phenoxy) is 1. The Labute approximate surface area is 148 Å². The van der Waals surface area contributed by atoms with Crippen LogP contribution in [0.25, 0.3) is 0 Å². The first kappa shape index (κ1) is 21.2. The molecule has 0 saturated carbocycles. The van der Waals surface area contributed by atoms with Gasteiger partial charge in [0.1, 0.15) is 0 Å². The maximum absolute atomic E-state index is 9.27. The average molecular weight is 342 g/mol. The summed E-state index contributed by atoms with van der Waals surface area (Å²) in [5.74, 6) is 2.89. The monoisotopic (exact) mass is 341 g/mol. The summed E-state index contributed by atoms with van der Waals surface area (Å²) in [6, 6.07) is 0. The predicted molar refractivity (Wildman–Crippen MR) is 101 cm³/mol. The predicted octanol–water partition coefficient (Wildman–Crippen LogP) is 2.75. The fourth-order valence-electron chi connectivity index (χ4n) is 3.34. The van der Waals surface area contributed by atoms with E-state index < -0.39 is 0 Å². The third-order valence-corrected chi connectivity index (χ3v) is 4.75. The number of rotatable bonds is 10. The smallest absolute Gasteiger partial charge is 0.193 e. The first-order chi connectivity index (χ1) is 11.6. The van der Waals surface area contributed by atoms with Crippen molar-refractivity contribution in [3.05, 3.63) is 0 Å². The van der Waals surface area contributed by atoms with Crippen molar-refractivity contribution >= 4 is 5.96 Å². The van der Waals surface area contributed by atoms with E-state index >= 15 is 0 Å².